The summed E-state index contributed by atoms with van der Waals surface area (Å²) >= 11 is 0. The Balaban J connectivity index is 1.91. The highest BCUT2D eigenvalue weighted by atomic mass is 16.5. The summed E-state index contributed by atoms with van der Waals surface area (Å²) in [7, 11) is 4.76. The van der Waals surface area contributed by atoms with Gasteiger partial charge in [0.05, 0.1) is 26.7 Å². The summed E-state index contributed by atoms with van der Waals surface area (Å²) in [6.45, 7) is 3.57. The van der Waals surface area contributed by atoms with Crippen molar-refractivity contribution in [2.24, 2.45) is 5.92 Å². The second kappa shape index (κ2) is 10.3. The van der Waals surface area contributed by atoms with Crippen LogP contribution in [-0.2, 0) is 9.53 Å². The van der Waals surface area contributed by atoms with Gasteiger partial charge in [-0.05, 0) is 25.1 Å². The summed E-state index contributed by atoms with van der Waals surface area (Å²) in [5, 5.41) is 2.92. The summed E-state index contributed by atoms with van der Waals surface area (Å²) in [4.78, 5) is 27.9. The van der Waals surface area contributed by atoms with E-state index in [9.17, 15) is 9.59 Å². The van der Waals surface area contributed by atoms with Gasteiger partial charge < -0.3 is 24.4 Å². The minimum Gasteiger partial charge on any atom is -0.493 e. The van der Waals surface area contributed by atoms with E-state index >= 15 is 0 Å². The number of methoxy groups -OCH3 is 3. The van der Waals surface area contributed by atoms with Crippen LogP contribution >= 0.6 is 0 Å². The summed E-state index contributed by atoms with van der Waals surface area (Å²) in [5.74, 6) is 0.371. The number of para-hydroxylation sites is 1. The fourth-order valence-electron chi connectivity index (χ4n) is 4.04. The zero-order valence-electron chi connectivity index (χ0n) is 18.5. The topological polar surface area (TPSA) is 77.1 Å². The third-order valence-corrected chi connectivity index (χ3v) is 5.68. The summed E-state index contributed by atoms with van der Waals surface area (Å²) < 4.78 is 16.1. The van der Waals surface area contributed by atoms with Crippen molar-refractivity contribution in [3.63, 3.8) is 0 Å². The molecule has 1 aliphatic heterocycles. The molecule has 2 aromatic carbocycles. The molecule has 1 saturated heterocycles. The van der Waals surface area contributed by atoms with E-state index in [1.54, 1.807) is 26.2 Å². The van der Waals surface area contributed by atoms with E-state index in [4.69, 9.17) is 14.2 Å². The number of amides is 2. The van der Waals surface area contributed by atoms with Crippen LogP contribution in [-0.4, -0.2) is 64.3 Å². The lowest BCUT2D eigenvalue weighted by Gasteiger charge is -2.21. The molecule has 166 valence electrons. The second-order valence-corrected chi connectivity index (χ2v) is 7.66. The molecule has 0 radical (unpaired) electrons. The highest BCUT2D eigenvalue weighted by Gasteiger charge is 2.42. The van der Waals surface area contributed by atoms with Crippen LogP contribution in [0, 0.1) is 12.8 Å². The fraction of sp³-hybridized carbons (Fsp3) is 0.417. The zero-order chi connectivity index (χ0) is 22.4. The van der Waals surface area contributed by atoms with Gasteiger partial charge in [-0.2, -0.15) is 0 Å². The third-order valence-electron chi connectivity index (χ3n) is 5.68. The van der Waals surface area contributed by atoms with Gasteiger partial charge in [0, 0.05) is 43.8 Å². The van der Waals surface area contributed by atoms with Crippen molar-refractivity contribution < 1.29 is 23.8 Å². The molecule has 31 heavy (non-hydrogen) atoms. The fourth-order valence-corrected chi connectivity index (χ4v) is 4.04. The average molecular weight is 427 g/mol. The number of ether oxygens (including phenoxy) is 3. The SMILES string of the molecule is COCCNC(=O)C1CN(C(=O)c2ccc(C)cc2)CC1c1cccc(OC)c1OC. The number of aryl methyl sites for hydroxylation is 1. The number of likely N-dealkylation sites (tertiary alicyclic amines) is 1. The van der Waals surface area contributed by atoms with E-state index in [-0.39, 0.29) is 17.7 Å². The molecule has 2 unspecified atom stereocenters. The van der Waals surface area contributed by atoms with Crippen molar-refractivity contribution in [3.8, 4) is 11.5 Å². The predicted octanol–water partition coefficient (Wildman–Crippen LogP) is 2.63. The highest BCUT2D eigenvalue weighted by Crippen LogP contribution is 2.42. The van der Waals surface area contributed by atoms with Crippen LogP contribution in [0.3, 0.4) is 0 Å². The highest BCUT2D eigenvalue weighted by molar-refractivity contribution is 5.95. The first-order valence-corrected chi connectivity index (χ1v) is 10.3. The molecule has 3 rings (SSSR count). The molecular formula is C24H30N2O5. The molecule has 0 aliphatic carbocycles. The van der Waals surface area contributed by atoms with Crippen LogP contribution in [0.4, 0.5) is 0 Å². The van der Waals surface area contributed by atoms with Gasteiger partial charge in [0.1, 0.15) is 0 Å². The Morgan fingerprint density at radius 2 is 1.77 bits per heavy atom. The van der Waals surface area contributed by atoms with Crippen molar-refractivity contribution in [2.45, 2.75) is 12.8 Å². The maximum atomic E-state index is 13.2. The summed E-state index contributed by atoms with van der Waals surface area (Å²) in [5.41, 5.74) is 2.56. The van der Waals surface area contributed by atoms with E-state index in [1.807, 2.05) is 49.4 Å². The quantitative estimate of drug-likeness (QED) is 0.657. The molecule has 1 N–H and O–H groups in total. The van der Waals surface area contributed by atoms with Crippen LogP contribution in [0.5, 0.6) is 11.5 Å². The second-order valence-electron chi connectivity index (χ2n) is 7.66. The average Bonchev–Trinajstić information content (AvgIpc) is 3.24. The van der Waals surface area contributed by atoms with Gasteiger partial charge in [-0.15, -0.1) is 0 Å². The number of carbonyl (C=O) groups is 2. The normalized spacial score (nSPS) is 18.0. The number of nitrogens with one attached hydrogen (secondary N) is 1. The Bertz CT molecular complexity index is 913. The molecule has 0 saturated carbocycles. The first-order valence-electron chi connectivity index (χ1n) is 10.3. The van der Waals surface area contributed by atoms with Gasteiger partial charge in [-0.25, -0.2) is 0 Å². The van der Waals surface area contributed by atoms with E-state index < -0.39 is 5.92 Å². The van der Waals surface area contributed by atoms with Gasteiger partial charge in [0.2, 0.25) is 5.91 Å². The Kier molecular flexibility index (Phi) is 7.52. The summed E-state index contributed by atoms with van der Waals surface area (Å²) in [6.07, 6.45) is 0. The lowest BCUT2D eigenvalue weighted by molar-refractivity contribution is -0.125. The molecule has 0 aromatic heterocycles. The molecule has 7 heteroatoms. The monoisotopic (exact) mass is 426 g/mol. The van der Waals surface area contributed by atoms with Gasteiger partial charge in [-0.1, -0.05) is 29.8 Å². The van der Waals surface area contributed by atoms with Crippen LogP contribution in [0.25, 0.3) is 0 Å². The van der Waals surface area contributed by atoms with Crippen molar-refractivity contribution in [3.05, 3.63) is 59.2 Å². The molecule has 1 heterocycles. The van der Waals surface area contributed by atoms with Gasteiger partial charge in [-0.3, -0.25) is 9.59 Å². The number of hydrogen-bond acceptors (Lipinski definition) is 5. The Morgan fingerprint density at radius 1 is 1.03 bits per heavy atom. The van der Waals surface area contributed by atoms with E-state index in [0.29, 0.717) is 43.3 Å². The van der Waals surface area contributed by atoms with E-state index in [0.717, 1.165) is 11.1 Å². The number of carbonyl (C=O) groups excluding carboxylic acids is 2. The van der Waals surface area contributed by atoms with Gasteiger partial charge in [0.25, 0.3) is 5.91 Å². The number of nitrogens with zero attached hydrogens (tertiary/aromatic N) is 1. The minimum atomic E-state index is -0.410. The van der Waals surface area contributed by atoms with Crippen molar-refractivity contribution in [1.82, 2.24) is 10.2 Å². The maximum Gasteiger partial charge on any atom is 0.253 e. The van der Waals surface area contributed by atoms with Crippen molar-refractivity contribution >= 4 is 11.8 Å². The molecule has 1 fully saturated rings. The maximum absolute atomic E-state index is 13.2. The number of hydrogen-bond donors (Lipinski definition) is 1. The first-order chi connectivity index (χ1) is 15.0. The van der Waals surface area contributed by atoms with Gasteiger partial charge in [0.15, 0.2) is 11.5 Å². The largest absolute Gasteiger partial charge is 0.493 e. The number of rotatable bonds is 8. The number of benzene rings is 2. The van der Waals surface area contributed by atoms with Crippen molar-refractivity contribution in [1.29, 1.82) is 0 Å². The third kappa shape index (κ3) is 4.99. The van der Waals surface area contributed by atoms with Crippen LogP contribution in [0.15, 0.2) is 42.5 Å². The Labute approximate surface area is 183 Å². The molecule has 0 spiro atoms. The standard InChI is InChI=1S/C24H30N2O5/c1-16-8-10-17(11-9-16)24(28)26-14-19(20(15-26)23(27)25-12-13-29-2)18-6-5-7-21(30-3)22(18)31-4/h5-11,19-20H,12-15H2,1-4H3,(H,25,27). The van der Waals surface area contributed by atoms with Crippen LogP contribution in [0.2, 0.25) is 0 Å². The molecule has 7 nitrogen and oxygen atoms in total. The van der Waals surface area contributed by atoms with E-state index in [1.165, 1.54) is 0 Å². The lowest BCUT2D eigenvalue weighted by atomic mass is 9.87. The predicted molar refractivity (Wildman–Crippen MR) is 118 cm³/mol. The Hall–Kier alpha value is -3.06. The Morgan fingerprint density at radius 3 is 2.42 bits per heavy atom. The van der Waals surface area contributed by atoms with Crippen molar-refractivity contribution in [2.75, 3.05) is 47.6 Å². The molecule has 2 amide bonds. The summed E-state index contributed by atoms with van der Waals surface area (Å²) in [6, 6.07) is 13.1. The molecule has 2 aromatic rings. The molecule has 0 bridgehead atoms. The van der Waals surface area contributed by atoms with Crippen LogP contribution < -0.4 is 14.8 Å². The zero-order valence-corrected chi connectivity index (χ0v) is 18.5. The van der Waals surface area contributed by atoms with E-state index in [2.05, 4.69) is 5.32 Å². The molecular weight excluding hydrogens is 396 g/mol. The lowest BCUT2D eigenvalue weighted by Crippen LogP contribution is -2.37. The van der Waals surface area contributed by atoms with Gasteiger partial charge >= 0.3 is 0 Å². The molecule has 2 atom stereocenters. The van der Waals surface area contributed by atoms with Crippen LogP contribution in [0.1, 0.15) is 27.4 Å². The molecule has 1 aliphatic rings. The smallest absolute Gasteiger partial charge is 0.253 e. The minimum absolute atomic E-state index is 0.0842. The first kappa shape index (κ1) is 22.6.